The van der Waals surface area contributed by atoms with E-state index in [1.807, 2.05) is 13.1 Å². The smallest absolute Gasteiger partial charge is 0.109 e. The Balaban J connectivity index is 1.99. The van der Waals surface area contributed by atoms with Crippen molar-refractivity contribution in [1.29, 1.82) is 0 Å². The lowest BCUT2D eigenvalue weighted by Gasteiger charge is -2.08. The van der Waals surface area contributed by atoms with E-state index in [-0.39, 0.29) is 0 Å². The summed E-state index contributed by atoms with van der Waals surface area (Å²) in [5, 5.41) is 3.38. The zero-order valence-electron chi connectivity index (χ0n) is 10.7. The number of pyridine rings is 1. The number of nitrogens with one attached hydrogen (secondary N) is 1. The number of nitrogens with zero attached hydrogens (tertiary/aromatic N) is 1. The zero-order chi connectivity index (χ0) is 13.0. The third-order valence-electron chi connectivity index (χ3n) is 2.94. The number of hydrogen-bond donors (Lipinski definition) is 1. The maximum Gasteiger partial charge on any atom is 0.109 e. The molecule has 0 amide bonds. The molecule has 1 N–H and O–H groups in total. The minimum absolute atomic E-state index is 0.826. The molecule has 94 valence electrons. The number of anilines is 1. The lowest BCUT2D eigenvalue weighted by Crippen LogP contribution is -2.00. The van der Waals surface area contributed by atoms with Crippen LogP contribution < -0.4 is 5.32 Å². The van der Waals surface area contributed by atoms with E-state index in [1.165, 1.54) is 11.1 Å². The maximum atomic E-state index is 4.27. The Hall–Kier alpha value is -1.35. The predicted octanol–water partition coefficient (Wildman–Crippen LogP) is 4.33. The molecule has 2 aromatic rings. The highest BCUT2D eigenvalue weighted by Crippen LogP contribution is 2.17. The van der Waals surface area contributed by atoms with Gasteiger partial charge < -0.3 is 5.32 Å². The van der Waals surface area contributed by atoms with Crippen molar-refractivity contribution in [2.45, 2.75) is 26.8 Å². The first-order chi connectivity index (χ1) is 8.69. The predicted molar refractivity (Wildman–Crippen MR) is 79.8 cm³/mol. The highest BCUT2D eigenvalue weighted by molar-refractivity contribution is 9.10. The Labute approximate surface area is 117 Å². The van der Waals surface area contributed by atoms with Crippen molar-refractivity contribution >= 4 is 21.6 Å². The summed E-state index contributed by atoms with van der Waals surface area (Å²) < 4.78 is 0.903. The van der Waals surface area contributed by atoms with E-state index >= 15 is 0 Å². The van der Waals surface area contributed by atoms with Crippen LogP contribution in [0.4, 0.5) is 5.69 Å². The van der Waals surface area contributed by atoms with E-state index in [0.717, 1.165) is 28.8 Å². The number of hydrogen-bond acceptors (Lipinski definition) is 2. The zero-order valence-corrected chi connectivity index (χ0v) is 12.3. The van der Waals surface area contributed by atoms with Gasteiger partial charge in [-0.15, -0.1) is 0 Å². The summed E-state index contributed by atoms with van der Waals surface area (Å²) in [5.74, 6) is 0. The van der Waals surface area contributed by atoms with Gasteiger partial charge in [-0.2, -0.15) is 0 Å². The van der Waals surface area contributed by atoms with Crippen molar-refractivity contribution in [3.8, 4) is 0 Å². The van der Waals surface area contributed by atoms with Crippen LogP contribution in [0.3, 0.4) is 0 Å². The number of aromatic nitrogens is 1. The molecule has 1 aromatic carbocycles. The monoisotopic (exact) mass is 304 g/mol. The first-order valence-corrected chi connectivity index (χ1v) is 6.92. The summed E-state index contributed by atoms with van der Waals surface area (Å²) in [6, 6.07) is 10.8. The number of halogens is 1. The largest absolute Gasteiger partial charge is 0.380 e. The average molecular weight is 305 g/mol. The van der Waals surface area contributed by atoms with E-state index in [1.54, 1.807) is 0 Å². The van der Waals surface area contributed by atoms with Gasteiger partial charge in [0.1, 0.15) is 4.60 Å². The van der Waals surface area contributed by atoms with Crippen LogP contribution in [-0.2, 0) is 13.0 Å². The maximum absolute atomic E-state index is 4.27. The van der Waals surface area contributed by atoms with Crippen LogP contribution in [0.5, 0.6) is 0 Å². The SMILES string of the molecule is CCc1ccc(CNc2cnc(Br)c(C)c2)cc1. The normalized spacial score (nSPS) is 10.4. The van der Waals surface area contributed by atoms with Gasteiger partial charge in [0.15, 0.2) is 0 Å². The molecule has 0 radical (unpaired) electrons. The highest BCUT2D eigenvalue weighted by atomic mass is 79.9. The Bertz CT molecular complexity index is 521. The van der Waals surface area contributed by atoms with Crippen LogP contribution in [0, 0.1) is 6.92 Å². The van der Waals surface area contributed by atoms with Crippen LogP contribution in [0.1, 0.15) is 23.6 Å². The lowest BCUT2D eigenvalue weighted by atomic mass is 10.1. The Morgan fingerprint density at radius 1 is 1.17 bits per heavy atom. The van der Waals surface area contributed by atoms with Crippen LogP contribution in [0.25, 0.3) is 0 Å². The summed E-state index contributed by atoms with van der Waals surface area (Å²) in [6.45, 7) is 5.04. The van der Waals surface area contributed by atoms with Crippen molar-refractivity contribution in [2.24, 2.45) is 0 Å². The molecule has 2 rings (SSSR count). The second-order valence-electron chi connectivity index (χ2n) is 4.36. The molecule has 0 aliphatic carbocycles. The van der Waals surface area contributed by atoms with Crippen molar-refractivity contribution in [3.05, 3.63) is 57.8 Å². The molecule has 0 unspecified atom stereocenters. The van der Waals surface area contributed by atoms with Gasteiger partial charge in [-0.1, -0.05) is 31.2 Å². The molecule has 0 bridgehead atoms. The number of rotatable bonds is 4. The van der Waals surface area contributed by atoms with Gasteiger partial charge in [0, 0.05) is 6.54 Å². The van der Waals surface area contributed by atoms with Crippen molar-refractivity contribution in [2.75, 3.05) is 5.32 Å². The van der Waals surface area contributed by atoms with E-state index in [9.17, 15) is 0 Å². The Morgan fingerprint density at radius 3 is 2.44 bits per heavy atom. The Morgan fingerprint density at radius 2 is 1.83 bits per heavy atom. The molecule has 0 saturated carbocycles. The fourth-order valence-electron chi connectivity index (χ4n) is 1.75. The topological polar surface area (TPSA) is 24.9 Å². The number of benzene rings is 1. The molecule has 18 heavy (non-hydrogen) atoms. The summed E-state index contributed by atoms with van der Waals surface area (Å²) in [4.78, 5) is 4.27. The van der Waals surface area contributed by atoms with Crippen LogP contribution in [0.15, 0.2) is 41.1 Å². The fraction of sp³-hybridized carbons (Fsp3) is 0.267. The van der Waals surface area contributed by atoms with Crippen LogP contribution in [-0.4, -0.2) is 4.98 Å². The second kappa shape index (κ2) is 6.01. The van der Waals surface area contributed by atoms with Gasteiger partial charge in [0.25, 0.3) is 0 Å². The Kier molecular flexibility index (Phi) is 4.37. The minimum atomic E-state index is 0.826. The van der Waals surface area contributed by atoms with Gasteiger partial charge in [-0.3, -0.25) is 0 Å². The summed E-state index contributed by atoms with van der Waals surface area (Å²) in [5.41, 5.74) is 4.85. The van der Waals surface area contributed by atoms with Gasteiger partial charge in [-0.05, 0) is 52.0 Å². The standard InChI is InChI=1S/C15H17BrN2/c1-3-12-4-6-13(7-5-12)9-17-14-8-11(2)15(16)18-10-14/h4-8,10,17H,3,9H2,1-2H3. The van der Waals surface area contributed by atoms with Crippen LogP contribution >= 0.6 is 15.9 Å². The van der Waals surface area contributed by atoms with E-state index in [4.69, 9.17) is 0 Å². The van der Waals surface area contributed by atoms with Crippen molar-refractivity contribution in [1.82, 2.24) is 4.98 Å². The van der Waals surface area contributed by atoms with Crippen LogP contribution in [0.2, 0.25) is 0 Å². The summed E-state index contributed by atoms with van der Waals surface area (Å²) in [6.07, 6.45) is 2.93. The third-order valence-corrected chi connectivity index (χ3v) is 3.77. The molecule has 3 heteroatoms. The molecule has 0 spiro atoms. The summed E-state index contributed by atoms with van der Waals surface area (Å²) >= 11 is 3.40. The van der Waals surface area contributed by atoms with Gasteiger partial charge in [0.05, 0.1) is 11.9 Å². The van der Waals surface area contributed by atoms with E-state index in [2.05, 4.69) is 63.5 Å². The molecule has 0 fully saturated rings. The second-order valence-corrected chi connectivity index (χ2v) is 5.11. The first kappa shape index (κ1) is 13.1. The average Bonchev–Trinajstić information content (AvgIpc) is 2.41. The summed E-state index contributed by atoms with van der Waals surface area (Å²) in [7, 11) is 0. The quantitative estimate of drug-likeness (QED) is 0.851. The van der Waals surface area contributed by atoms with E-state index < -0.39 is 0 Å². The molecule has 1 heterocycles. The van der Waals surface area contributed by atoms with Gasteiger partial charge >= 0.3 is 0 Å². The third kappa shape index (κ3) is 3.33. The lowest BCUT2D eigenvalue weighted by molar-refractivity contribution is 1.10. The number of aryl methyl sites for hydroxylation is 2. The molecule has 2 nitrogen and oxygen atoms in total. The van der Waals surface area contributed by atoms with Gasteiger partial charge in [-0.25, -0.2) is 4.98 Å². The van der Waals surface area contributed by atoms with E-state index in [0.29, 0.717) is 0 Å². The van der Waals surface area contributed by atoms with Crippen molar-refractivity contribution in [3.63, 3.8) is 0 Å². The first-order valence-electron chi connectivity index (χ1n) is 6.13. The fourth-order valence-corrected chi connectivity index (χ4v) is 1.97. The molecular weight excluding hydrogens is 288 g/mol. The molecule has 0 atom stereocenters. The van der Waals surface area contributed by atoms with Crippen molar-refractivity contribution < 1.29 is 0 Å². The minimum Gasteiger partial charge on any atom is -0.380 e. The molecule has 0 aliphatic rings. The molecule has 1 aromatic heterocycles. The molecular formula is C15H17BrN2. The highest BCUT2D eigenvalue weighted by Gasteiger charge is 1.99. The molecule has 0 saturated heterocycles. The molecule has 0 aliphatic heterocycles. The van der Waals surface area contributed by atoms with Gasteiger partial charge in [0.2, 0.25) is 0 Å².